The van der Waals surface area contributed by atoms with Crippen molar-refractivity contribution in [2.24, 2.45) is 5.92 Å². The topological polar surface area (TPSA) is 54.7 Å². The molecular formula is C18H21N3O2. The van der Waals surface area contributed by atoms with Gasteiger partial charge in [-0.15, -0.1) is 0 Å². The van der Waals surface area contributed by atoms with Crippen LogP contribution in [0.2, 0.25) is 0 Å². The Balaban J connectivity index is 1.65. The van der Waals surface area contributed by atoms with Crippen molar-refractivity contribution in [2.45, 2.75) is 45.1 Å². The van der Waals surface area contributed by atoms with Gasteiger partial charge in [0.05, 0.1) is 17.8 Å². The van der Waals surface area contributed by atoms with Gasteiger partial charge in [-0.2, -0.15) is 0 Å². The average molecular weight is 311 g/mol. The number of carbonyl (C=O) groups is 1. The molecule has 2 aromatic heterocycles. The molecule has 0 bridgehead atoms. The van der Waals surface area contributed by atoms with Crippen molar-refractivity contribution < 1.29 is 4.79 Å². The molecule has 5 nitrogen and oxygen atoms in total. The van der Waals surface area contributed by atoms with Crippen LogP contribution in [0.3, 0.4) is 0 Å². The van der Waals surface area contributed by atoms with Crippen LogP contribution in [-0.4, -0.2) is 26.7 Å². The van der Waals surface area contributed by atoms with Crippen LogP contribution in [0.1, 0.15) is 43.4 Å². The molecule has 1 amide bonds. The number of pyridine rings is 1. The number of amides is 1. The molecule has 0 saturated heterocycles. The Bertz CT molecular complexity index is 806. The van der Waals surface area contributed by atoms with Gasteiger partial charge in [-0.25, -0.2) is 4.98 Å². The van der Waals surface area contributed by atoms with Crippen LogP contribution in [0.15, 0.2) is 29.2 Å². The van der Waals surface area contributed by atoms with Gasteiger partial charge in [0, 0.05) is 25.1 Å². The molecule has 1 aliphatic heterocycles. The van der Waals surface area contributed by atoms with Crippen LogP contribution in [0, 0.1) is 5.92 Å². The minimum absolute atomic E-state index is 0.0354. The maximum Gasteiger partial charge on any atom is 0.263 e. The fraction of sp³-hybridized carbons (Fsp3) is 0.500. The van der Waals surface area contributed by atoms with E-state index >= 15 is 0 Å². The molecule has 1 fully saturated rings. The molecule has 0 unspecified atom stereocenters. The van der Waals surface area contributed by atoms with Crippen LogP contribution in [-0.2, 0) is 17.8 Å². The molecule has 0 atom stereocenters. The Labute approximate surface area is 135 Å². The number of hydrogen-bond donors (Lipinski definition) is 0. The number of aromatic nitrogens is 2. The minimum Gasteiger partial charge on any atom is -0.337 e. The lowest BCUT2D eigenvalue weighted by Gasteiger charge is -2.32. The summed E-state index contributed by atoms with van der Waals surface area (Å²) >= 11 is 0. The summed E-state index contributed by atoms with van der Waals surface area (Å²) in [5, 5.41) is 0. The number of rotatable bonds is 1. The van der Waals surface area contributed by atoms with E-state index in [-0.39, 0.29) is 17.4 Å². The Hall–Kier alpha value is -2.17. The van der Waals surface area contributed by atoms with E-state index in [2.05, 4.69) is 4.98 Å². The zero-order valence-corrected chi connectivity index (χ0v) is 13.2. The number of fused-ring (bicyclic) bond motifs is 2. The third-order valence-electron chi connectivity index (χ3n) is 5.15. The number of hydrogen-bond acceptors (Lipinski definition) is 3. The summed E-state index contributed by atoms with van der Waals surface area (Å²) in [6, 6.07) is 5.56. The van der Waals surface area contributed by atoms with Crippen LogP contribution in [0.5, 0.6) is 0 Å². The zero-order chi connectivity index (χ0) is 15.8. The second-order valence-electron chi connectivity index (χ2n) is 6.62. The van der Waals surface area contributed by atoms with E-state index in [1.54, 1.807) is 10.6 Å². The van der Waals surface area contributed by atoms with Crippen LogP contribution in [0.4, 0.5) is 0 Å². The molecule has 120 valence electrons. The fourth-order valence-corrected chi connectivity index (χ4v) is 3.84. The van der Waals surface area contributed by atoms with Crippen molar-refractivity contribution in [3.05, 3.63) is 46.0 Å². The lowest BCUT2D eigenvalue weighted by molar-refractivity contribution is -0.137. The largest absolute Gasteiger partial charge is 0.337 e. The first-order valence-electron chi connectivity index (χ1n) is 8.52. The molecule has 3 heterocycles. The summed E-state index contributed by atoms with van der Waals surface area (Å²) < 4.78 is 1.58. The van der Waals surface area contributed by atoms with Crippen molar-refractivity contribution in [1.82, 2.24) is 14.3 Å². The summed E-state index contributed by atoms with van der Waals surface area (Å²) in [7, 11) is 0. The fourth-order valence-electron chi connectivity index (χ4n) is 3.84. The van der Waals surface area contributed by atoms with Gasteiger partial charge in [0.25, 0.3) is 5.56 Å². The van der Waals surface area contributed by atoms with Gasteiger partial charge in [0.15, 0.2) is 0 Å². The molecule has 0 spiro atoms. The van der Waals surface area contributed by atoms with Gasteiger partial charge in [-0.05, 0) is 25.0 Å². The summed E-state index contributed by atoms with van der Waals surface area (Å²) in [5.41, 5.74) is 2.19. The Morgan fingerprint density at radius 3 is 2.83 bits per heavy atom. The van der Waals surface area contributed by atoms with Gasteiger partial charge in [0.2, 0.25) is 5.91 Å². The smallest absolute Gasteiger partial charge is 0.263 e. The lowest BCUT2D eigenvalue weighted by atomic mass is 9.88. The molecule has 0 N–H and O–H groups in total. The molecule has 1 saturated carbocycles. The molecule has 4 rings (SSSR count). The van der Waals surface area contributed by atoms with E-state index in [4.69, 9.17) is 0 Å². The minimum atomic E-state index is -0.0354. The normalized spacial score (nSPS) is 18.9. The predicted molar refractivity (Wildman–Crippen MR) is 87.2 cm³/mol. The van der Waals surface area contributed by atoms with Gasteiger partial charge >= 0.3 is 0 Å². The molecule has 0 radical (unpaired) electrons. The van der Waals surface area contributed by atoms with Gasteiger partial charge in [-0.1, -0.05) is 25.3 Å². The van der Waals surface area contributed by atoms with Crippen molar-refractivity contribution in [2.75, 3.05) is 6.54 Å². The first-order chi connectivity index (χ1) is 11.2. The summed E-state index contributed by atoms with van der Waals surface area (Å²) in [5.74, 6) is 0.384. The molecular weight excluding hydrogens is 290 g/mol. The SMILES string of the molecule is O=C(C1CCCCC1)N1CCc2nc3ccccn3c(=O)c2C1. The average Bonchev–Trinajstić information content (AvgIpc) is 2.62. The summed E-state index contributed by atoms with van der Waals surface area (Å²) in [6.07, 6.45) is 7.95. The van der Waals surface area contributed by atoms with Gasteiger partial charge < -0.3 is 4.90 Å². The third-order valence-corrected chi connectivity index (χ3v) is 5.15. The maximum atomic E-state index is 12.7. The van der Waals surface area contributed by atoms with E-state index in [9.17, 15) is 9.59 Å². The van der Waals surface area contributed by atoms with Gasteiger partial charge in [0.1, 0.15) is 5.65 Å². The van der Waals surface area contributed by atoms with Crippen molar-refractivity contribution in [3.63, 3.8) is 0 Å². The Morgan fingerprint density at radius 2 is 2.00 bits per heavy atom. The van der Waals surface area contributed by atoms with E-state index in [0.29, 0.717) is 30.7 Å². The van der Waals surface area contributed by atoms with Crippen LogP contribution >= 0.6 is 0 Å². The zero-order valence-electron chi connectivity index (χ0n) is 13.2. The highest BCUT2D eigenvalue weighted by Gasteiger charge is 2.30. The molecule has 5 heteroatoms. The van der Waals surface area contributed by atoms with Crippen molar-refractivity contribution in [1.29, 1.82) is 0 Å². The Kier molecular flexibility index (Phi) is 3.63. The first kappa shape index (κ1) is 14.4. The quantitative estimate of drug-likeness (QED) is 0.811. The highest BCUT2D eigenvalue weighted by molar-refractivity contribution is 5.79. The number of carbonyl (C=O) groups excluding carboxylic acids is 1. The molecule has 2 aliphatic rings. The van der Waals surface area contributed by atoms with Gasteiger partial charge in [-0.3, -0.25) is 14.0 Å². The second-order valence-corrected chi connectivity index (χ2v) is 6.62. The monoisotopic (exact) mass is 311 g/mol. The van der Waals surface area contributed by atoms with E-state index < -0.39 is 0 Å². The molecule has 1 aliphatic carbocycles. The second kappa shape index (κ2) is 5.80. The number of nitrogens with zero attached hydrogens (tertiary/aromatic N) is 3. The summed E-state index contributed by atoms with van der Waals surface area (Å²) in [4.78, 5) is 31.9. The van der Waals surface area contributed by atoms with E-state index in [1.807, 2.05) is 23.1 Å². The predicted octanol–water partition coefficient (Wildman–Crippen LogP) is 2.16. The highest BCUT2D eigenvalue weighted by atomic mass is 16.2. The highest BCUT2D eigenvalue weighted by Crippen LogP contribution is 2.27. The van der Waals surface area contributed by atoms with Crippen molar-refractivity contribution >= 4 is 11.6 Å². The first-order valence-corrected chi connectivity index (χ1v) is 8.52. The van der Waals surface area contributed by atoms with Crippen LogP contribution in [0.25, 0.3) is 5.65 Å². The maximum absolute atomic E-state index is 12.7. The molecule has 23 heavy (non-hydrogen) atoms. The Morgan fingerprint density at radius 1 is 1.17 bits per heavy atom. The van der Waals surface area contributed by atoms with E-state index in [1.165, 1.54) is 6.42 Å². The summed E-state index contributed by atoms with van der Waals surface area (Å²) in [6.45, 7) is 1.09. The van der Waals surface area contributed by atoms with E-state index in [0.717, 1.165) is 31.4 Å². The third kappa shape index (κ3) is 2.54. The van der Waals surface area contributed by atoms with Crippen molar-refractivity contribution in [3.8, 4) is 0 Å². The lowest BCUT2D eigenvalue weighted by Crippen LogP contribution is -2.43. The van der Waals surface area contributed by atoms with Crippen LogP contribution < -0.4 is 5.56 Å². The molecule has 0 aromatic carbocycles. The molecule has 2 aromatic rings. The standard InChI is InChI=1S/C18H21N3O2/c22-17(13-6-2-1-3-7-13)20-11-9-15-14(12-20)18(23)21-10-5-4-8-16(21)19-15/h4-5,8,10,13H,1-3,6-7,9,11-12H2.